The van der Waals surface area contributed by atoms with Crippen LogP contribution in [0.4, 0.5) is 19.0 Å². The molecule has 0 radical (unpaired) electrons. The van der Waals surface area contributed by atoms with E-state index in [1.165, 1.54) is 0 Å². The zero-order valence-corrected chi connectivity index (χ0v) is 18.8. The van der Waals surface area contributed by atoms with Crippen LogP contribution in [0.1, 0.15) is 65.6 Å². The third kappa shape index (κ3) is 3.57. The molecule has 0 spiro atoms. The molecule has 0 aromatic carbocycles. The van der Waals surface area contributed by atoms with E-state index < -0.39 is 28.7 Å². The molecule has 3 aliphatic carbocycles. The van der Waals surface area contributed by atoms with E-state index in [4.69, 9.17) is 4.74 Å². The Morgan fingerprint density at radius 1 is 1.12 bits per heavy atom. The Balaban J connectivity index is 1.34. The van der Waals surface area contributed by atoms with Crippen LogP contribution in [0.15, 0.2) is 18.5 Å². The first-order valence-electron chi connectivity index (χ1n) is 11.2. The molecule has 1 amide bonds. The van der Waals surface area contributed by atoms with Gasteiger partial charge in [-0.05, 0) is 52.0 Å². The van der Waals surface area contributed by atoms with Crippen LogP contribution < -0.4 is 5.32 Å². The van der Waals surface area contributed by atoms with E-state index in [1.54, 1.807) is 32.3 Å². The van der Waals surface area contributed by atoms with Crippen LogP contribution in [0.5, 0.6) is 0 Å². The topological polar surface area (TPSA) is 107 Å². The molecule has 6 rings (SSSR count). The summed E-state index contributed by atoms with van der Waals surface area (Å²) in [5.74, 6) is -1.19. The minimum Gasteiger partial charge on any atom is -0.373 e. The third-order valence-electron chi connectivity index (χ3n) is 7.51. The third-order valence-corrected chi connectivity index (χ3v) is 7.51. The van der Waals surface area contributed by atoms with Crippen molar-refractivity contribution in [3.8, 4) is 0 Å². The average Bonchev–Trinajstić information content (AvgIpc) is 2.74. The van der Waals surface area contributed by atoms with E-state index in [-0.39, 0.29) is 42.8 Å². The zero-order valence-electron chi connectivity index (χ0n) is 18.8. The van der Waals surface area contributed by atoms with E-state index in [0.717, 1.165) is 5.56 Å². The van der Waals surface area contributed by atoms with E-state index in [0.29, 0.717) is 30.8 Å². The number of hydrogen-bond acceptors (Lipinski definition) is 7. The molecule has 180 valence electrons. The predicted molar refractivity (Wildman–Crippen MR) is 113 cm³/mol. The summed E-state index contributed by atoms with van der Waals surface area (Å²) in [5.41, 5.74) is -1.04. The summed E-state index contributed by atoms with van der Waals surface area (Å²) in [4.78, 5) is 35.1. The number of carbonyl (C=O) groups is 2. The van der Waals surface area contributed by atoms with Crippen molar-refractivity contribution in [2.75, 3.05) is 11.9 Å². The fraction of sp³-hybridized carbons (Fsp3) is 0.565. The van der Waals surface area contributed by atoms with Gasteiger partial charge >= 0.3 is 6.18 Å². The first kappa shape index (κ1) is 22.8. The lowest BCUT2D eigenvalue weighted by atomic mass is 9.33. The summed E-state index contributed by atoms with van der Waals surface area (Å²) >= 11 is 0. The summed E-state index contributed by atoms with van der Waals surface area (Å²) in [5, 5.41) is 10.3. The maximum absolute atomic E-state index is 13.3. The summed E-state index contributed by atoms with van der Waals surface area (Å²) < 4.78 is 45.6. The van der Waals surface area contributed by atoms with Gasteiger partial charge in [0.25, 0.3) is 0 Å². The first-order chi connectivity index (χ1) is 16.0. The van der Waals surface area contributed by atoms with Gasteiger partial charge in [-0.2, -0.15) is 23.4 Å². The molecule has 3 heterocycles. The molecule has 2 atom stereocenters. The van der Waals surface area contributed by atoms with Gasteiger partial charge in [-0.15, -0.1) is 0 Å². The predicted octanol–water partition coefficient (Wildman–Crippen LogP) is 3.91. The highest BCUT2D eigenvalue weighted by Gasteiger charge is 2.81. The number of halogens is 3. The molecule has 2 unspecified atom stereocenters. The normalized spacial score (nSPS) is 30.1. The zero-order chi connectivity index (χ0) is 24.3. The van der Waals surface area contributed by atoms with Crippen LogP contribution in [0, 0.1) is 30.6 Å². The Kier molecular flexibility index (Phi) is 5.23. The molecule has 3 saturated carbocycles. The van der Waals surface area contributed by atoms with Crippen molar-refractivity contribution in [3.05, 3.63) is 41.1 Å². The standard InChI is InChI=1S/C23H24F3N5O3/c1-12-13(2)30-19(17(29-12)18(32)21-9-22(10-21,11-21)23(24,25)26)31-20(33)14-4-6-34-16(7-14)15-3-5-27-28-8-15/h3,5,8,14,16H,4,6-7,9-11H2,1-2H3,(H,30,31,33). The maximum Gasteiger partial charge on any atom is 0.394 e. The minimum absolute atomic E-state index is 0.0116. The van der Waals surface area contributed by atoms with E-state index in [9.17, 15) is 22.8 Å². The summed E-state index contributed by atoms with van der Waals surface area (Å²) in [6.07, 6.45) is -1.27. The molecular formula is C23H24F3N5O3. The van der Waals surface area contributed by atoms with Crippen molar-refractivity contribution >= 4 is 17.5 Å². The summed E-state index contributed by atoms with van der Waals surface area (Å²) in [6.45, 7) is 3.75. The second kappa shape index (κ2) is 7.79. The fourth-order valence-electron chi connectivity index (χ4n) is 5.41. The number of Topliss-reactive ketones (excluding diaryl/α,β-unsaturated/α-hetero) is 1. The van der Waals surface area contributed by atoms with Crippen LogP contribution in [0.25, 0.3) is 0 Å². The quantitative estimate of drug-likeness (QED) is 0.654. The van der Waals surface area contributed by atoms with Crippen LogP contribution in [0.3, 0.4) is 0 Å². The highest BCUT2D eigenvalue weighted by atomic mass is 19.4. The highest BCUT2D eigenvalue weighted by molar-refractivity contribution is 6.07. The van der Waals surface area contributed by atoms with Crippen LogP contribution in [0.2, 0.25) is 0 Å². The Bertz CT molecular complexity index is 1130. The number of amides is 1. The fourth-order valence-corrected chi connectivity index (χ4v) is 5.41. The first-order valence-corrected chi connectivity index (χ1v) is 11.2. The van der Waals surface area contributed by atoms with Crippen molar-refractivity contribution in [1.82, 2.24) is 20.2 Å². The second-order valence-electron chi connectivity index (χ2n) is 9.76. The highest BCUT2D eigenvalue weighted by Crippen LogP contribution is 2.79. The number of hydrogen-bond donors (Lipinski definition) is 1. The molecule has 1 aliphatic heterocycles. The van der Waals surface area contributed by atoms with Gasteiger partial charge in [0.1, 0.15) is 5.69 Å². The number of aryl methyl sites for hydroxylation is 2. The maximum atomic E-state index is 13.3. The van der Waals surface area contributed by atoms with Gasteiger partial charge < -0.3 is 10.1 Å². The van der Waals surface area contributed by atoms with Gasteiger partial charge in [-0.3, -0.25) is 9.59 Å². The molecule has 4 aliphatic rings. The minimum atomic E-state index is -4.31. The Morgan fingerprint density at radius 2 is 1.82 bits per heavy atom. The molecule has 8 nitrogen and oxygen atoms in total. The molecule has 2 aromatic rings. The Labute approximate surface area is 193 Å². The number of alkyl halides is 3. The number of rotatable bonds is 5. The van der Waals surface area contributed by atoms with Crippen molar-refractivity contribution in [3.63, 3.8) is 0 Å². The SMILES string of the molecule is Cc1nc(NC(=O)C2CCOC(c3ccnnc3)C2)c(C(=O)C23CC(C(F)(F)F)(C2)C3)nc1C. The van der Waals surface area contributed by atoms with Crippen LogP contribution >= 0.6 is 0 Å². The number of carbonyl (C=O) groups excluding carboxylic acids is 2. The Morgan fingerprint density at radius 3 is 2.47 bits per heavy atom. The van der Waals surface area contributed by atoms with E-state index >= 15 is 0 Å². The monoisotopic (exact) mass is 475 g/mol. The number of ether oxygens (including phenoxy) is 1. The summed E-state index contributed by atoms with van der Waals surface area (Å²) in [6, 6.07) is 1.78. The van der Waals surface area contributed by atoms with Gasteiger partial charge in [0.05, 0.1) is 29.1 Å². The van der Waals surface area contributed by atoms with Crippen LogP contribution in [-0.4, -0.2) is 44.6 Å². The molecule has 4 fully saturated rings. The Hall–Kier alpha value is -2.95. The molecule has 1 saturated heterocycles. The lowest BCUT2D eigenvalue weighted by Gasteiger charge is -2.69. The molecule has 34 heavy (non-hydrogen) atoms. The largest absolute Gasteiger partial charge is 0.394 e. The molecule has 2 aromatic heterocycles. The molecular weight excluding hydrogens is 451 g/mol. The van der Waals surface area contributed by atoms with E-state index in [2.05, 4.69) is 25.5 Å². The van der Waals surface area contributed by atoms with Crippen molar-refractivity contribution in [2.24, 2.45) is 16.7 Å². The molecule has 11 heteroatoms. The van der Waals surface area contributed by atoms with Gasteiger partial charge in [0, 0.05) is 29.7 Å². The lowest BCUT2D eigenvalue weighted by Crippen LogP contribution is -2.71. The molecule has 2 bridgehead atoms. The molecule has 1 N–H and O–H groups in total. The number of nitrogens with one attached hydrogen (secondary N) is 1. The summed E-state index contributed by atoms with van der Waals surface area (Å²) in [7, 11) is 0. The van der Waals surface area contributed by atoms with Crippen molar-refractivity contribution in [1.29, 1.82) is 0 Å². The average molecular weight is 475 g/mol. The van der Waals surface area contributed by atoms with Crippen molar-refractivity contribution < 1.29 is 27.5 Å². The lowest BCUT2D eigenvalue weighted by molar-refractivity contribution is -0.346. The van der Waals surface area contributed by atoms with Crippen LogP contribution in [-0.2, 0) is 9.53 Å². The number of ketones is 1. The number of nitrogens with zero attached hydrogens (tertiary/aromatic N) is 4. The van der Waals surface area contributed by atoms with Gasteiger partial charge in [0.2, 0.25) is 5.91 Å². The second-order valence-corrected chi connectivity index (χ2v) is 9.76. The smallest absolute Gasteiger partial charge is 0.373 e. The van der Waals surface area contributed by atoms with Gasteiger partial charge in [-0.25, -0.2) is 9.97 Å². The van der Waals surface area contributed by atoms with Gasteiger partial charge in [0.15, 0.2) is 11.6 Å². The van der Waals surface area contributed by atoms with Crippen molar-refractivity contribution in [2.45, 2.75) is 58.2 Å². The van der Waals surface area contributed by atoms with Gasteiger partial charge in [-0.1, -0.05) is 0 Å². The number of anilines is 1. The van der Waals surface area contributed by atoms with E-state index in [1.807, 2.05) is 0 Å². The number of aromatic nitrogens is 4.